The number of rotatable bonds is 5. The van der Waals surface area contributed by atoms with Crippen molar-refractivity contribution in [1.29, 1.82) is 0 Å². The van der Waals surface area contributed by atoms with Gasteiger partial charge in [0, 0.05) is 14.1 Å². The summed E-state index contributed by atoms with van der Waals surface area (Å²) in [7, 11) is 2.96. The average Bonchev–Trinajstić information content (AvgIpc) is 3.08. The van der Waals surface area contributed by atoms with E-state index in [1.54, 1.807) is 7.05 Å². The van der Waals surface area contributed by atoms with E-state index in [-0.39, 0.29) is 24.0 Å². The molecule has 8 heteroatoms. The van der Waals surface area contributed by atoms with E-state index in [0.29, 0.717) is 5.65 Å². The lowest BCUT2D eigenvalue weighted by molar-refractivity contribution is -0.122. The monoisotopic (exact) mass is 369 g/mol. The summed E-state index contributed by atoms with van der Waals surface area (Å²) in [5.41, 5.74) is 1.81. The maximum absolute atomic E-state index is 12.5. The zero-order valence-electron chi connectivity index (χ0n) is 15.9. The van der Waals surface area contributed by atoms with Crippen LogP contribution in [0, 0.1) is 0 Å². The van der Waals surface area contributed by atoms with Crippen molar-refractivity contribution in [1.82, 2.24) is 24.0 Å². The highest BCUT2D eigenvalue weighted by atomic mass is 16.2. The number of aryl methyl sites for hydroxylation is 2. The highest BCUT2D eigenvalue weighted by Crippen LogP contribution is 2.14. The number of hydrogen-bond donors (Lipinski definition) is 1. The lowest BCUT2D eigenvalue weighted by Crippen LogP contribution is -2.38. The van der Waals surface area contributed by atoms with Gasteiger partial charge in [-0.3, -0.25) is 18.7 Å². The standard InChI is InChI=1S/C19H23N5O3/c1-5-13-6-8-14(9-7-13)12(2)21-15(25)10-24-11-20-16-17(24)22(3)19(27)23(4)18(16)26/h6-9,11-12H,5,10H2,1-4H3,(H,21,25)/t12-/m0/s1. The number of nitrogens with zero attached hydrogens (tertiary/aromatic N) is 4. The number of aromatic nitrogens is 4. The van der Waals surface area contributed by atoms with Crippen molar-refractivity contribution >= 4 is 17.1 Å². The average molecular weight is 369 g/mol. The predicted molar refractivity (Wildman–Crippen MR) is 103 cm³/mol. The van der Waals surface area contributed by atoms with Crippen LogP contribution in [0.4, 0.5) is 0 Å². The largest absolute Gasteiger partial charge is 0.348 e. The summed E-state index contributed by atoms with van der Waals surface area (Å²) in [5.74, 6) is -0.227. The van der Waals surface area contributed by atoms with Crippen LogP contribution < -0.4 is 16.6 Å². The number of carbonyl (C=O) groups is 1. The molecule has 142 valence electrons. The first-order valence-corrected chi connectivity index (χ1v) is 8.82. The minimum Gasteiger partial charge on any atom is -0.348 e. The third-order valence-corrected chi connectivity index (χ3v) is 4.79. The van der Waals surface area contributed by atoms with Crippen molar-refractivity contribution in [3.8, 4) is 0 Å². The number of imidazole rings is 1. The van der Waals surface area contributed by atoms with E-state index >= 15 is 0 Å². The number of carbonyl (C=O) groups excluding carboxylic acids is 1. The molecular formula is C19H23N5O3. The molecule has 0 aliphatic rings. The van der Waals surface area contributed by atoms with E-state index in [0.717, 1.165) is 16.6 Å². The molecule has 8 nitrogen and oxygen atoms in total. The van der Waals surface area contributed by atoms with Crippen LogP contribution >= 0.6 is 0 Å². The molecule has 1 N–H and O–H groups in total. The molecule has 0 aliphatic carbocycles. The summed E-state index contributed by atoms with van der Waals surface area (Å²) in [5, 5.41) is 2.94. The SMILES string of the molecule is CCc1ccc([C@H](C)NC(=O)Cn2cnc3c(=O)n(C)c(=O)n(C)c32)cc1. The number of fused-ring (bicyclic) bond motifs is 1. The van der Waals surface area contributed by atoms with Crippen LogP contribution in [0.15, 0.2) is 40.2 Å². The van der Waals surface area contributed by atoms with Gasteiger partial charge in [-0.1, -0.05) is 31.2 Å². The number of benzene rings is 1. The Balaban J connectivity index is 1.82. The van der Waals surface area contributed by atoms with Crippen molar-refractivity contribution in [2.24, 2.45) is 14.1 Å². The topological polar surface area (TPSA) is 90.9 Å². The van der Waals surface area contributed by atoms with E-state index in [1.807, 2.05) is 31.2 Å². The Bertz CT molecular complexity index is 1110. The van der Waals surface area contributed by atoms with Crippen molar-refractivity contribution < 1.29 is 4.79 Å². The first kappa shape index (κ1) is 18.6. The zero-order chi connectivity index (χ0) is 19.7. The van der Waals surface area contributed by atoms with Gasteiger partial charge < -0.3 is 9.88 Å². The van der Waals surface area contributed by atoms with E-state index < -0.39 is 11.2 Å². The van der Waals surface area contributed by atoms with Gasteiger partial charge in [0.2, 0.25) is 5.91 Å². The molecule has 1 aromatic carbocycles. The first-order valence-electron chi connectivity index (χ1n) is 8.82. The van der Waals surface area contributed by atoms with Gasteiger partial charge in [-0.05, 0) is 24.5 Å². The van der Waals surface area contributed by atoms with E-state index in [9.17, 15) is 14.4 Å². The predicted octanol–water partition coefficient (Wildman–Crippen LogP) is 0.873. The fourth-order valence-electron chi connectivity index (χ4n) is 3.12. The van der Waals surface area contributed by atoms with E-state index in [2.05, 4.69) is 17.2 Å². The fourth-order valence-corrected chi connectivity index (χ4v) is 3.12. The second-order valence-electron chi connectivity index (χ2n) is 6.63. The molecule has 3 aromatic rings. The molecule has 2 aromatic heterocycles. The second kappa shape index (κ2) is 7.22. The summed E-state index contributed by atoms with van der Waals surface area (Å²) in [4.78, 5) is 40.9. The summed E-state index contributed by atoms with van der Waals surface area (Å²) in [6.45, 7) is 3.97. The van der Waals surface area contributed by atoms with Crippen molar-refractivity contribution in [3.63, 3.8) is 0 Å². The number of hydrogen-bond acceptors (Lipinski definition) is 4. The van der Waals surface area contributed by atoms with E-state index in [4.69, 9.17) is 0 Å². The van der Waals surface area contributed by atoms with Gasteiger partial charge in [-0.25, -0.2) is 9.78 Å². The lowest BCUT2D eigenvalue weighted by Gasteiger charge is -2.15. The highest BCUT2D eigenvalue weighted by molar-refractivity contribution is 5.79. The van der Waals surface area contributed by atoms with Gasteiger partial charge in [-0.15, -0.1) is 0 Å². The molecule has 2 heterocycles. The van der Waals surface area contributed by atoms with Crippen LogP contribution in [-0.4, -0.2) is 24.6 Å². The van der Waals surface area contributed by atoms with E-state index in [1.165, 1.54) is 28.1 Å². The molecular weight excluding hydrogens is 346 g/mol. The molecule has 0 fully saturated rings. The number of amides is 1. The summed E-state index contributed by atoms with van der Waals surface area (Å²) in [6.07, 6.45) is 2.37. The van der Waals surface area contributed by atoms with Gasteiger partial charge in [0.15, 0.2) is 5.52 Å². The Morgan fingerprint density at radius 3 is 2.44 bits per heavy atom. The van der Waals surface area contributed by atoms with Gasteiger partial charge in [-0.2, -0.15) is 0 Å². The zero-order valence-corrected chi connectivity index (χ0v) is 15.9. The molecule has 0 aliphatic heterocycles. The summed E-state index contributed by atoms with van der Waals surface area (Å²) < 4.78 is 3.84. The Morgan fingerprint density at radius 2 is 1.81 bits per heavy atom. The minimum atomic E-state index is -0.475. The second-order valence-corrected chi connectivity index (χ2v) is 6.63. The lowest BCUT2D eigenvalue weighted by atomic mass is 10.1. The van der Waals surface area contributed by atoms with Crippen LogP contribution in [0.5, 0.6) is 0 Å². The molecule has 1 amide bonds. The van der Waals surface area contributed by atoms with Crippen molar-refractivity contribution in [2.75, 3.05) is 0 Å². The first-order chi connectivity index (χ1) is 12.8. The quantitative estimate of drug-likeness (QED) is 0.723. The molecule has 1 atom stereocenters. The van der Waals surface area contributed by atoms with Crippen molar-refractivity contribution in [2.45, 2.75) is 32.9 Å². The summed E-state index contributed by atoms with van der Waals surface area (Å²) >= 11 is 0. The third kappa shape index (κ3) is 3.42. The molecule has 0 bridgehead atoms. The Morgan fingerprint density at radius 1 is 1.15 bits per heavy atom. The molecule has 0 saturated carbocycles. The molecule has 3 rings (SSSR count). The van der Waals surface area contributed by atoms with Crippen LogP contribution in [0.2, 0.25) is 0 Å². The van der Waals surface area contributed by atoms with Crippen LogP contribution in [-0.2, 0) is 31.9 Å². The smallest absolute Gasteiger partial charge is 0.332 e. The Hall–Kier alpha value is -3.16. The molecule has 0 saturated heterocycles. The summed E-state index contributed by atoms with van der Waals surface area (Å²) in [6, 6.07) is 7.95. The highest BCUT2D eigenvalue weighted by Gasteiger charge is 2.17. The van der Waals surface area contributed by atoms with Crippen molar-refractivity contribution in [3.05, 3.63) is 62.6 Å². The molecule has 0 radical (unpaired) electrons. The van der Waals surface area contributed by atoms with Gasteiger partial charge in [0.25, 0.3) is 5.56 Å². The maximum Gasteiger partial charge on any atom is 0.332 e. The van der Waals surface area contributed by atoms with Gasteiger partial charge in [0.05, 0.1) is 12.4 Å². The molecule has 27 heavy (non-hydrogen) atoms. The molecule has 0 unspecified atom stereocenters. The fraction of sp³-hybridized carbons (Fsp3) is 0.368. The van der Waals surface area contributed by atoms with Gasteiger partial charge in [0.1, 0.15) is 12.2 Å². The number of nitrogens with one attached hydrogen (secondary N) is 1. The van der Waals surface area contributed by atoms with Crippen LogP contribution in [0.1, 0.15) is 31.0 Å². The van der Waals surface area contributed by atoms with Gasteiger partial charge >= 0.3 is 5.69 Å². The normalized spacial score (nSPS) is 12.3. The van der Waals surface area contributed by atoms with Crippen LogP contribution in [0.25, 0.3) is 11.2 Å². The molecule has 0 spiro atoms. The third-order valence-electron chi connectivity index (χ3n) is 4.79. The Kier molecular flexibility index (Phi) is 4.98. The minimum absolute atomic E-state index is 0.0334. The Labute approximate surface area is 156 Å². The van der Waals surface area contributed by atoms with Crippen LogP contribution in [0.3, 0.4) is 0 Å². The maximum atomic E-state index is 12.5.